The summed E-state index contributed by atoms with van der Waals surface area (Å²) in [6.07, 6.45) is 4.12. The number of aromatic nitrogens is 2. The van der Waals surface area contributed by atoms with Crippen LogP contribution in [0.3, 0.4) is 0 Å². The van der Waals surface area contributed by atoms with Gasteiger partial charge < -0.3 is 25.6 Å². The van der Waals surface area contributed by atoms with Gasteiger partial charge in [-0.25, -0.2) is 14.6 Å². The van der Waals surface area contributed by atoms with E-state index in [1.54, 1.807) is 4.57 Å². The van der Waals surface area contributed by atoms with Crippen molar-refractivity contribution >= 4 is 17.9 Å². The lowest BCUT2D eigenvalue weighted by Crippen LogP contribution is -2.48. The van der Waals surface area contributed by atoms with E-state index in [2.05, 4.69) is 10.3 Å². The standard InChI is InChI=1S/C12H17N5O4/c13-10(18)9-2-1-4-17(9)12(21)14-3-5-16-6-8(11(19)20)15-7-16/h6-7,9H,1-5H2,(H2,13,18)(H,14,21)(H,19,20). The maximum Gasteiger partial charge on any atom is 0.356 e. The normalized spacial score (nSPS) is 17.7. The number of imidazole rings is 1. The molecule has 0 bridgehead atoms. The van der Waals surface area contributed by atoms with Crippen molar-refractivity contribution in [2.24, 2.45) is 5.73 Å². The maximum atomic E-state index is 12.0. The molecule has 21 heavy (non-hydrogen) atoms. The predicted octanol–water partition coefficient (Wildman–Crippen LogP) is -0.759. The molecule has 1 atom stereocenters. The van der Waals surface area contributed by atoms with Gasteiger partial charge >= 0.3 is 12.0 Å². The zero-order chi connectivity index (χ0) is 15.4. The molecule has 1 saturated heterocycles. The average molecular weight is 295 g/mol. The molecule has 1 aromatic rings. The minimum atomic E-state index is -1.10. The molecular formula is C12H17N5O4. The van der Waals surface area contributed by atoms with E-state index in [1.165, 1.54) is 17.4 Å². The molecule has 2 rings (SSSR count). The van der Waals surface area contributed by atoms with Crippen molar-refractivity contribution in [3.05, 3.63) is 18.2 Å². The second-order valence-electron chi connectivity index (χ2n) is 4.79. The zero-order valence-corrected chi connectivity index (χ0v) is 11.4. The first-order chi connectivity index (χ1) is 9.99. The SMILES string of the molecule is NC(=O)C1CCCN1C(=O)NCCn1cnc(C(=O)O)c1. The third-order valence-electron chi connectivity index (χ3n) is 3.34. The number of carbonyl (C=O) groups excluding carboxylic acids is 2. The van der Waals surface area contributed by atoms with E-state index in [0.29, 0.717) is 26.1 Å². The number of nitrogens with one attached hydrogen (secondary N) is 1. The zero-order valence-electron chi connectivity index (χ0n) is 11.4. The van der Waals surface area contributed by atoms with Crippen molar-refractivity contribution in [1.82, 2.24) is 19.8 Å². The summed E-state index contributed by atoms with van der Waals surface area (Å²) in [5.41, 5.74) is 5.20. The first-order valence-corrected chi connectivity index (χ1v) is 6.58. The molecule has 3 amide bonds. The molecule has 9 heteroatoms. The van der Waals surface area contributed by atoms with Crippen molar-refractivity contribution in [1.29, 1.82) is 0 Å². The van der Waals surface area contributed by atoms with Crippen LogP contribution in [0.25, 0.3) is 0 Å². The molecular weight excluding hydrogens is 278 g/mol. The summed E-state index contributed by atoms with van der Waals surface area (Å²) in [5.74, 6) is -1.59. The molecule has 114 valence electrons. The van der Waals surface area contributed by atoms with Crippen LogP contribution in [0.15, 0.2) is 12.5 Å². The first-order valence-electron chi connectivity index (χ1n) is 6.58. The molecule has 1 aliphatic heterocycles. The van der Waals surface area contributed by atoms with E-state index in [9.17, 15) is 14.4 Å². The number of hydrogen-bond donors (Lipinski definition) is 3. The molecule has 9 nitrogen and oxygen atoms in total. The Hall–Kier alpha value is -2.58. The summed E-state index contributed by atoms with van der Waals surface area (Å²) in [4.78, 5) is 39.0. The molecule has 0 spiro atoms. The number of likely N-dealkylation sites (tertiary alicyclic amines) is 1. The lowest BCUT2D eigenvalue weighted by atomic mass is 10.2. The number of carboxylic acid groups (broad SMARTS) is 1. The van der Waals surface area contributed by atoms with Crippen molar-refractivity contribution in [2.45, 2.75) is 25.4 Å². The van der Waals surface area contributed by atoms with E-state index < -0.39 is 17.9 Å². The number of amides is 3. The van der Waals surface area contributed by atoms with Crippen LogP contribution in [0, 0.1) is 0 Å². The lowest BCUT2D eigenvalue weighted by molar-refractivity contribution is -0.121. The number of nitrogens with two attached hydrogens (primary N) is 1. The van der Waals surface area contributed by atoms with E-state index in [-0.39, 0.29) is 11.7 Å². The summed E-state index contributed by atoms with van der Waals surface area (Å²) >= 11 is 0. The van der Waals surface area contributed by atoms with Crippen molar-refractivity contribution in [3.63, 3.8) is 0 Å². The number of hydrogen-bond acceptors (Lipinski definition) is 4. The molecule has 1 aliphatic rings. The van der Waals surface area contributed by atoms with Crippen LogP contribution in [-0.2, 0) is 11.3 Å². The number of carboxylic acids is 1. The Bertz CT molecular complexity index is 556. The minimum absolute atomic E-state index is 0.0466. The van der Waals surface area contributed by atoms with Gasteiger partial charge in [0.2, 0.25) is 5.91 Å². The predicted molar refractivity (Wildman–Crippen MR) is 71.5 cm³/mol. The Balaban J connectivity index is 1.81. The summed E-state index contributed by atoms with van der Waals surface area (Å²) < 4.78 is 1.57. The van der Waals surface area contributed by atoms with Crippen LogP contribution < -0.4 is 11.1 Å². The Morgan fingerprint density at radius 3 is 2.86 bits per heavy atom. The van der Waals surface area contributed by atoms with Gasteiger partial charge in [-0.2, -0.15) is 0 Å². The number of aromatic carboxylic acids is 1. The highest BCUT2D eigenvalue weighted by molar-refractivity contribution is 5.86. The van der Waals surface area contributed by atoms with E-state index in [0.717, 1.165) is 6.42 Å². The Kier molecular flexibility index (Phi) is 4.41. The second kappa shape index (κ2) is 6.25. The smallest absolute Gasteiger partial charge is 0.356 e. The van der Waals surface area contributed by atoms with Crippen LogP contribution >= 0.6 is 0 Å². The highest BCUT2D eigenvalue weighted by Gasteiger charge is 2.32. The third kappa shape index (κ3) is 3.50. The second-order valence-corrected chi connectivity index (χ2v) is 4.79. The largest absolute Gasteiger partial charge is 0.476 e. The molecule has 0 aliphatic carbocycles. The fourth-order valence-electron chi connectivity index (χ4n) is 2.29. The van der Waals surface area contributed by atoms with Gasteiger partial charge in [0.15, 0.2) is 5.69 Å². The summed E-state index contributed by atoms with van der Waals surface area (Å²) in [6.45, 7) is 1.20. The topological polar surface area (TPSA) is 131 Å². The average Bonchev–Trinajstić information content (AvgIpc) is 3.07. The Labute approximate surface area is 120 Å². The van der Waals surface area contributed by atoms with Gasteiger partial charge in [0.1, 0.15) is 6.04 Å². The van der Waals surface area contributed by atoms with Gasteiger partial charge in [0.05, 0.1) is 6.33 Å². The summed E-state index contributed by atoms with van der Waals surface area (Å²) in [6, 6.07) is -0.883. The third-order valence-corrected chi connectivity index (χ3v) is 3.34. The number of primary amides is 1. The summed E-state index contributed by atoms with van der Waals surface area (Å²) in [7, 11) is 0. The van der Waals surface area contributed by atoms with Gasteiger partial charge in [-0.3, -0.25) is 4.79 Å². The van der Waals surface area contributed by atoms with E-state index in [4.69, 9.17) is 10.8 Å². The van der Waals surface area contributed by atoms with Crippen LogP contribution in [0.4, 0.5) is 4.79 Å². The molecule has 4 N–H and O–H groups in total. The van der Waals surface area contributed by atoms with Gasteiger partial charge in [0.25, 0.3) is 0 Å². The number of rotatable bonds is 5. The molecule has 2 heterocycles. The molecule has 1 fully saturated rings. The van der Waals surface area contributed by atoms with E-state index in [1.807, 2.05) is 0 Å². The maximum absolute atomic E-state index is 12.0. The molecule has 0 saturated carbocycles. The quantitative estimate of drug-likeness (QED) is 0.657. The van der Waals surface area contributed by atoms with Crippen LogP contribution in [0.2, 0.25) is 0 Å². The first kappa shape index (κ1) is 14.8. The van der Waals surface area contributed by atoms with Gasteiger partial charge in [-0.05, 0) is 12.8 Å². The van der Waals surface area contributed by atoms with E-state index >= 15 is 0 Å². The number of nitrogens with zero attached hydrogens (tertiary/aromatic N) is 3. The highest BCUT2D eigenvalue weighted by Crippen LogP contribution is 2.16. The van der Waals surface area contributed by atoms with Gasteiger partial charge in [0, 0.05) is 25.8 Å². The molecule has 1 aromatic heterocycles. The van der Waals surface area contributed by atoms with Crippen molar-refractivity contribution in [3.8, 4) is 0 Å². The Morgan fingerprint density at radius 1 is 1.48 bits per heavy atom. The fourth-order valence-corrected chi connectivity index (χ4v) is 2.29. The Morgan fingerprint density at radius 2 is 2.24 bits per heavy atom. The highest BCUT2D eigenvalue weighted by atomic mass is 16.4. The van der Waals surface area contributed by atoms with Crippen molar-refractivity contribution in [2.75, 3.05) is 13.1 Å². The van der Waals surface area contributed by atoms with Crippen molar-refractivity contribution < 1.29 is 19.5 Å². The lowest BCUT2D eigenvalue weighted by Gasteiger charge is -2.22. The van der Waals surface area contributed by atoms with Gasteiger partial charge in [-0.1, -0.05) is 0 Å². The van der Waals surface area contributed by atoms with Gasteiger partial charge in [-0.15, -0.1) is 0 Å². The van der Waals surface area contributed by atoms with Crippen LogP contribution in [-0.4, -0.2) is 56.6 Å². The number of carbonyl (C=O) groups is 3. The molecule has 0 radical (unpaired) electrons. The fraction of sp³-hybridized carbons (Fsp3) is 0.500. The monoisotopic (exact) mass is 295 g/mol. The summed E-state index contributed by atoms with van der Waals surface area (Å²) in [5, 5.41) is 11.4. The molecule has 0 aromatic carbocycles. The van der Waals surface area contributed by atoms with Crippen LogP contribution in [0.5, 0.6) is 0 Å². The molecule has 1 unspecified atom stereocenters. The van der Waals surface area contributed by atoms with Crippen LogP contribution in [0.1, 0.15) is 23.3 Å². The minimum Gasteiger partial charge on any atom is -0.476 e. The number of urea groups is 1.